The highest BCUT2D eigenvalue weighted by atomic mass is 79.9. The third-order valence-electron chi connectivity index (χ3n) is 5.20. The van der Waals surface area contributed by atoms with Gasteiger partial charge in [0.15, 0.2) is 11.5 Å². The zero-order valence-corrected chi connectivity index (χ0v) is 20.1. The molecule has 0 aliphatic carbocycles. The minimum Gasteiger partial charge on any atom is -0.493 e. The second-order valence-electron chi connectivity index (χ2n) is 7.62. The summed E-state index contributed by atoms with van der Waals surface area (Å²) in [5.74, 6) is -0.495. The Kier molecular flexibility index (Phi) is 6.79. The van der Waals surface area contributed by atoms with Gasteiger partial charge in [0.25, 0.3) is 11.8 Å². The number of urea groups is 1. The maximum atomic E-state index is 13.1. The Hall–Kier alpha value is -3.91. The van der Waals surface area contributed by atoms with Crippen LogP contribution in [0.5, 0.6) is 11.5 Å². The Morgan fingerprint density at radius 1 is 0.941 bits per heavy atom. The van der Waals surface area contributed by atoms with Crippen LogP contribution in [0.1, 0.15) is 16.7 Å². The molecular weight excluding hydrogens is 500 g/mol. The SMILES string of the molecule is COc1cc(/C=C2\C(=O)NC(=O)N(c3ccc(C)cc3)C2=O)ccc1OCc1ccc(Br)cc1. The highest BCUT2D eigenvalue weighted by Crippen LogP contribution is 2.30. The van der Waals surface area contributed by atoms with Crippen LogP contribution in [0.2, 0.25) is 0 Å². The van der Waals surface area contributed by atoms with Crippen LogP contribution in [0.25, 0.3) is 6.08 Å². The van der Waals surface area contributed by atoms with Gasteiger partial charge in [0.1, 0.15) is 12.2 Å². The Balaban J connectivity index is 1.58. The minimum atomic E-state index is -0.787. The molecule has 34 heavy (non-hydrogen) atoms. The van der Waals surface area contributed by atoms with E-state index < -0.39 is 17.8 Å². The van der Waals surface area contributed by atoms with E-state index in [4.69, 9.17) is 9.47 Å². The summed E-state index contributed by atoms with van der Waals surface area (Å²) in [5, 5.41) is 2.23. The van der Waals surface area contributed by atoms with Crippen molar-refractivity contribution in [2.45, 2.75) is 13.5 Å². The van der Waals surface area contributed by atoms with Crippen LogP contribution >= 0.6 is 15.9 Å². The number of ether oxygens (including phenoxy) is 2. The average molecular weight is 521 g/mol. The number of nitrogens with one attached hydrogen (secondary N) is 1. The first-order valence-corrected chi connectivity index (χ1v) is 11.2. The largest absolute Gasteiger partial charge is 0.493 e. The normalized spacial score (nSPS) is 14.9. The molecule has 1 saturated heterocycles. The molecule has 0 spiro atoms. The van der Waals surface area contributed by atoms with Crippen molar-refractivity contribution in [3.63, 3.8) is 0 Å². The van der Waals surface area contributed by atoms with Crippen LogP contribution in [0, 0.1) is 6.92 Å². The Labute approximate surface area is 205 Å². The lowest BCUT2D eigenvalue weighted by Gasteiger charge is -2.26. The first-order valence-electron chi connectivity index (χ1n) is 10.4. The number of benzene rings is 3. The lowest BCUT2D eigenvalue weighted by atomic mass is 10.1. The smallest absolute Gasteiger partial charge is 0.335 e. The fourth-order valence-corrected chi connectivity index (χ4v) is 3.65. The molecule has 0 aromatic heterocycles. The van der Waals surface area contributed by atoms with Crippen LogP contribution in [0.3, 0.4) is 0 Å². The molecule has 172 valence electrons. The predicted octanol–water partition coefficient (Wildman–Crippen LogP) is 5.01. The van der Waals surface area contributed by atoms with Gasteiger partial charge in [-0.2, -0.15) is 0 Å². The van der Waals surface area contributed by atoms with Crippen molar-refractivity contribution < 1.29 is 23.9 Å². The van der Waals surface area contributed by atoms with Gasteiger partial charge in [0, 0.05) is 4.47 Å². The van der Waals surface area contributed by atoms with E-state index in [1.54, 1.807) is 42.5 Å². The Morgan fingerprint density at radius 2 is 1.65 bits per heavy atom. The van der Waals surface area contributed by atoms with Crippen LogP contribution in [-0.4, -0.2) is 25.0 Å². The van der Waals surface area contributed by atoms with Gasteiger partial charge in [-0.1, -0.05) is 51.8 Å². The van der Waals surface area contributed by atoms with Gasteiger partial charge in [-0.3, -0.25) is 14.9 Å². The summed E-state index contributed by atoms with van der Waals surface area (Å²) in [6, 6.07) is 18.9. The van der Waals surface area contributed by atoms with Crippen molar-refractivity contribution in [2.75, 3.05) is 12.0 Å². The number of nitrogens with zero attached hydrogens (tertiary/aromatic N) is 1. The monoisotopic (exact) mass is 520 g/mol. The molecule has 0 radical (unpaired) electrons. The highest BCUT2D eigenvalue weighted by molar-refractivity contribution is 9.10. The number of barbiturate groups is 1. The van der Waals surface area contributed by atoms with E-state index in [9.17, 15) is 14.4 Å². The maximum Gasteiger partial charge on any atom is 0.335 e. The van der Waals surface area contributed by atoms with Gasteiger partial charge in [-0.25, -0.2) is 9.69 Å². The molecule has 3 aromatic carbocycles. The fourth-order valence-electron chi connectivity index (χ4n) is 3.39. The number of methoxy groups -OCH3 is 1. The lowest BCUT2D eigenvalue weighted by molar-refractivity contribution is -0.122. The number of hydrogen-bond acceptors (Lipinski definition) is 5. The zero-order valence-electron chi connectivity index (χ0n) is 18.5. The van der Waals surface area contributed by atoms with Gasteiger partial charge in [-0.05, 0) is 60.5 Å². The summed E-state index contributed by atoms with van der Waals surface area (Å²) in [4.78, 5) is 38.8. The van der Waals surface area contributed by atoms with E-state index in [2.05, 4.69) is 21.2 Å². The molecule has 1 fully saturated rings. The van der Waals surface area contributed by atoms with Gasteiger partial charge in [0.2, 0.25) is 0 Å². The van der Waals surface area contributed by atoms with E-state index >= 15 is 0 Å². The number of carbonyl (C=O) groups excluding carboxylic acids is 3. The van der Waals surface area contributed by atoms with Crippen LogP contribution in [0.4, 0.5) is 10.5 Å². The molecule has 0 bridgehead atoms. The van der Waals surface area contributed by atoms with Crippen molar-refractivity contribution in [3.05, 3.63) is 93.5 Å². The summed E-state index contributed by atoms with van der Waals surface area (Å²) in [5.41, 5.74) is 2.73. The van der Waals surface area contributed by atoms with Crippen LogP contribution in [-0.2, 0) is 16.2 Å². The Bertz CT molecular complexity index is 1280. The van der Waals surface area contributed by atoms with E-state index in [0.29, 0.717) is 29.4 Å². The van der Waals surface area contributed by atoms with Crippen molar-refractivity contribution in [1.82, 2.24) is 5.32 Å². The molecule has 1 aliphatic heterocycles. The summed E-state index contributed by atoms with van der Waals surface area (Å²) < 4.78 is 12.3. The first-order chi connectivity index (χ1) is 16.4. The van der Waals surface area contributed by atoms with Gasteiger partial charge < -0.3 is 9.47 Å². The molecule has 4 rings (SSSR count). The summed E-state index contributed by atoms with van der Waals surface area (Å²) in [6.07, 6.45) is 1.42. The molecule has 1 heterocycles. The van der Waals surface area contributed by atoms with E-state index in [1.807, 2.05) is 31.2 Å². The molecule has 1 aliphatic rings. The van der Waals surface area contributed by atoms with Gasteiger partial charge >= 0.3 is 6.03 Å². The number of carbonyl (C=O) groups is 3. The van der Waals surface area contributed by atoms with Crippen LogP contribution < -0.4 is 19.7 Å². The maximum absolute atomic E-state index is 13.1. The first kappa shape index (κ1) is 23.3. The third-order valence-corrected chi connectivity index (χ3v) is 5.73. The van der Waals surface area contributed by atoms with Gasteiger partial charge in [-0.15, -0.1) is 0 Å². The van der Waals surface area contributed by atoms with Crippen molar-refractivity contribution in [1.29, 1.82) is 0 Å². The zero-order chi connectivity index (χ0) is 24.2. The van der Waals surface area contributed by atoms with Crippen LogP contribution in [0.15, 0.2) is 76.8 Å². The van der Waals surface area contributed by atoms with E-state index in [1.165, 1.54) is 13.2 Å². The second-order valence-corrected chi connectivity index (χ2v) is 8.53. The third kappa shape index (κ3) is 5.02. The lowest BCUT2D eigenvalue weighted by Crippen LogP contribution is -2.54. The molecule has 0 saturated carbocycles. The van der Waals surface area contributed by atoms with E-state index in [-0.39, 0.29) is 5.57 Å². The fraction of sp³-hybridized carbons (Fsp3) is 0.115. The molecule has 0 unspecified atom stereocenters. The standard InChI is InChI=1S/C26H21BrN2O5/c1-16-3-10-20(11-4-16)29-25(31)21(24(30)28-26(29)32)13-18-7-12-22(23(14-18)33-2)34-15-17-5-8-19(27)9-6-17/h3-14H,15H2,1-2H3,(H,28,30,32)/b21-13+. The molecule has 7 nitrogen and oxygen atoms in total. The number of halogens is 1. The number of anilines is 1. The molecule has 3 aromatic rings. The number of imide groups is 2. The van der Waals surface area contributed by atoms with Crippen molar-refractivity contribution in [2.24, 2.45) is 0 Å². The summed E-state index contributed by atoms with van der Waals surface area (Å²) in [7, 11) is 1.51. The molecule has 4 amide bonds. The average Bonchev–Trinajstić information content (AvgIpc) is 2.83. The summed E-state index contributed by atoms with van der Waals surface area (Å²) in [6.45, 7) is 2.25. The molecule has 0 atom stereocenters. The molecule has 1 N–H and O–H groups in total. The number of rotatable bonds is 6. The number of aryl methyl sites for hydroxylation is 1. The van der Waals surface area contributed by atoms with E-state index in [0.717, 1.165) is 20.5 Å². The quantitative estimate of drug-likeness (QED) is 0.364. The second kappa shape index (κ2) is 9.93. The minimum absolute atomic E-state index is 0.161. The van der Waals surface area contributed by atoms with Crippen molar-refractivity contribution in [3.8, 4) is 11.5 Å². The summed E-state index contributed by atoms with van der Waals surface area (Å²) >= 11 is 3.40. The highest BCUT2D eigenvalue weighted by Gasteiger charge is 2.36. The molecule has 8 heteroatoms. The van der Waals surface area contributed by atoms with Crippen molar-refractivity contribution >= 4 is 45.5 Å². The van der Waals surface area contributed by atoms with Gasteiger partial charge in [0.05, 0.1) is 12.8 Å². The number of amides is 4. The number of hydrogen-bond donors (Lipinski definition) is 1. The Morgan fingerprint density at radius 3 is 2.32 bits per heavy atom. The topological polar surface area (TPSA) is 84.9 Å². The molecular formula is C26H21BrN2O5. The predicted molar refractivity (Wildman–Crippen MR) is 132 cm³/mol.